The third-order valence-corrected chi connectivity index (χ3v) is 5.61. The molecule has 128 valence electrons. The van der Waals surface area contributed by atoms with E-state index < -0.39 is 0 Å². The summed E-state index contributed by atoms with van der Waals surface area (Å²) < 4.78 is 0. The van der Waals surface area contributed by atoms with Crippen LogP contribution in [0.5, 0.6) is 0 Å². The number of carbonyl (C=O) groups is 2. The fourth-order valence-electron chi connectivity index (χ4n) is 2.88. The largest absolute Gasteiger partial charge is 0.353 e. The number of amides is 2. The molecule has 0 bridgehead atoms. The zero-order valence-electron chi connectivity index (χ0n) is 13.4. The van der Waals surface area contributed by atoms with E-state index in [2.05, 4.69) is 15.6 Å². The predicted octanol–water partition coefficient (Wildman–Crippen LogP) is 3.84. The van der Waals surface area contributed by atoms with E-state index in [-0.39, 0.29) is 18.2 Å². The molecule has 2 aromatic heterocycles. The van der Waals surface area contributed by atoms with Gasteiger partial charge < -0.3 is 5.32 Å². The van der Waals surface area contributed by atoms with Gasteiger partial charge in [-0.05, 0) is 24.3 Å². The molecular formula is C17H21N3O2S2. The molecule has 2 heterocycles. The number of hydrogen-bond acceptors (Lipinski definition) is 5. The predicted molar refractivity (Wildman–Crippen MR) is 97.7 cm³/mol. The zero-order valence-corrected chi connectivity index (χ0v) is 15.0. The van der Waals surface area contributed by atoms with E-state index in [4.69, 9.17) is 0 Å². The first-order chi connectivity index (χ1) is 11.7. The first-order valence-corrected chi connectivity index (χ1v) is 10.1. The third-order valence-electron chi connectivity index (χ3n) is 4.12. The minimum Gasteiger partial charge on any atom is -0.353 e. The molecule has 24 heavy (non-hydrogen) atoms. The van der Waals surface area contributed by atoms with Crippen molar-refractivity contribution in [2.45, 2.75) is 51.0 Å². The first-order valence-electron chi connectivity index (χ1n) is 8.28. The minimum atomic E-state index is -0.167. The van der Waals surface area contributed by atoms with Crippen LogP contribution in [0.25, 0.3) is 0 Å². The highest BCUT2D eigenvalue weighted by Crippen LogP contribution is 2.19. The van der Waals surface area contributed by atoms with Crippen molar-refractivity contribution in [3.63, 3.8) is 0 Å². The van der Waals surface area contributed by atoms with E-state index >= 15 is 0 Å². The molecule has 0 aromatic carbocycles. The second kappa shape index (κ2) is 8.39. The topological polar surface area (TPSA) is 71.1 Å². The summed E-state index contributed by atoms with van der Waals surface area (Å²) in [6.45, 7) is 0. The molecule has 2 amide bonds. The number of aromatic nitrogens is 1. The SMILES string of the molecule is O=C(Cc1csc(NC(=O)c2ccsc2)n1)NC1CCCCCC1. The van der Waals surface area contributed by atoms with Crippen molar-refractivity contribution in [2.75, 3.05) is 5.32 Å². The summed E-state index contributed by atoms with van der Waals surface area (Å²) >= 11 is 2.83. The summed E-state index contributed by atoms with van der Waals surface area (Å²) in [4.78, 5) is 28.5. The van der Waals surface area contributed by atoms with Crippen LogP contribution in [0.1, 0.15) is 54.6 Å². The fourth-order valence-corrected chi connectivity index (χ4v) is 4.22. The van der Waals surface area contributed by atoms with Crippen LogP contribution in [0.3, 0.4) is 0 Å². The summed E-state index contributed by atoms with van der Waals surface area (Å²) in [6, 6.07) is 2.07. The zero-order chi connectivity index (χ0) is 16.8. The maximum Gasteiger partial charge on any atom is 0.258 e. The Hall–Kier alpha value is -1.73. The second-order valence-corrected chi connectivity index (χ2v) is 7.68. The highest BCUT2D eigenvalue weighted by molar-refractivity contribution is 7.14. The Morgan fingerprint density at radius 1 is 1.17 bits per heavy atom. The Bertz CT molecular complexity index is 674. The smallest absolute Gasteiger partial charge is 0.258 e. The number of hydrogen-bond donors (Lipinski definition) is 2. The van der Waals surface area contributed by atoms with Crippen LogP contribution < -0.4 is 10.6 Å². The molecule has 0 atom stereocenters. The summed E-state index contributed by atoms with van der Waals surface area (Å²) in [6.07, 6.45) is 7.34. The lowest BCUT2D eigenvalue weighted by Crippen LogP contribution is -2.35. The highest BCUT2D eigenvalue weighted by Gasteiger charge is 2.16. The van der Waals surface area contributed by atoms with Crippen LogP contribution in [0, 0.1) is 0 Å². The molecule has 0 radical (unpaired) electrons. The van der Waals surface area contributed by atoms with E-state index in [0.717, 1.165) is 12.8 Å². The average Bonchev–Trinajstić information content (AvgIpc) is 3.16. The van der Waals surface area contributed by atoms with Gasteiger partial charge >= 0.3 is 0 Å². The highest BCUT2D eigenvalue weighted by atomic mass is 32.1. The average molecular weight is 364 g/mol. The molecule has 3 rings (SSSR count). The molecule has 7 heteroatoms. The van der Waals surface area contributed by atoms with Gasteiger partial charge in [0.1, 0.15) is 0 Å². The van der Waals surface area contributed by atoms with E-state index in [1.54, 1.807) is 11.4 Å². The maximum atomic E-state index is 12.2. The molecule has 0 unspecified atom stereocenters. The molecule has 1 saturated carbocycles. The van der Waals surface area contributed by atoms with E-state index in [1.807, 2.05) is 10.8 Å². The summed E-state index contributed by atoms with van der Waals surface area (Å²) in [5, 5.41) is 11.9. The molecule has 0 spiro atoms. The molecule has 0 aliphatic heterocycles. The maximum absolute atomic E-state index is 12.2. The van der Waals surface area contributed by atoms with Crippen LogP contribution in [-0.4, -0.2) is 22.8 Å². The van der Waals surface area contributed by atoms with Crippen LogP contribution in [0.15, 0.2) is 22.2 Å². The Kier molecular flexibility index (Phi) is 5.98. The van der Waals surface area contributed by atoms with E-state index in [1.165, 1.54) is 48.4 Å². The van der Waals surface area contributed by atoms with Crippen molar-refractivity contribution < 1.29 is 9.59 Å². The number of nitrogens with one attached hydrogen (secondary N) is 2. The Morgan fingerprint density at radius 3 is 2.67 bits per heavy atom. The first kappa shape index (κ1) is 17.1. The Balaban J connectivity index is 1.50. The molecule has 1 aliphatic rings. The number of anilines is 1. The Morgan fingerprint density at radius 2 is 1.96 bits per heavy atom. The van der Waals surface area contributed by atoms with Gasteiger partial charge in [-0.1, -0.05) is 25.7 Å². The van der Waals surface area contributed by atoms with Gasteiger partial charge in [0.2, 0.25) is 5.91 Å². The van der Waals surface area contributed by atoms with Crippen molar-refractivity contribution in [1.82, 2.24) is 10.3 Å². The summed E-state index contributed by atoms with van der Waals surface area (Å²) in [5.74, 6) is -0.150. The Labute approximate surface area is 149 Å². The minimum absolute atomic E-state index is 0.0166. The normalized spacial score (nSPS) is 15.7. The van der Waals surface area contributed by atoms with Gasteiger partial charge in [0.05, 0.1) is 17.7 Å². The van der Waals surface area contributed by atoms with Gasteiger partial charge in [0.25, 0.3) is 5.91 Å². The fraction of sp³-hybridized carbons (Fsp3) is 0.471. The molecular weight excluding hydrogens is 342 g/mol. The van der Waals surface area contributed by atoms with Crippen LogP contribution in [-0.2, 0) is 11.2 Å². The van der Waals surface area contributed by atoms with Gasteiger partial charge in [0.15, 0.2) is 5.13 Å². The van der Waals surface area contributed by atoms with Gasteiger partial charge in [-0.25, -0.2) is 4.98 Å². The van der Waals surface area contributed by atoms with E-state index in [9.17, 15) is 9.59 Å². The molecule has 1 aliphatic carbocycles. The number of thiophene rings is 1. The number of nitrogens with zero attached hydrogens (tertiary/aromatic N) is 1. The van der Waals surface area contributed by atoms with E-state index in [0.29, 0.717) is 22.4 Å². The van der Waals surface area contributed by atoms with Crippen molar-refractivity contribution in [1.29, 1.82) is 0 Å². The number of carbonyl (C=O) groups excluding carboxylic acids is 2. The standard InChI is InChI=1S/C17H21N3O2S2/c21-15(18-13-5-3-1-2-4-6-13)9-14-11-24-17(19-14)20-16(22)12-7-8-23-10-12/h7-8,10-11,13H,1-6,9H2,(H,18,21)(H,19,20,22). The lowest BCUT2D eigenvalue weighted by Gasteiger charge is -2.15. The van der Waals surface area contributed by atoms with Crippen molar-refractivity contribution in [3.05, 3.63) is 33.5 Å². The summed E-state index contributed by atoms with van der Waals surface area (Å²) in [5.41, 5.74) is 1.33. The quantitative estimate of drug-likeness (QED) is 0.793. The van der Waals surface area contributed by atoms with Gasteiger partial charge in [0, 0.05) is 16.8 Å². The molecule has 0 saturated heterocycles. The molecule has 2 aromatic rings. The molecule has 5 nitrogen and oxygen atoms in total. The lowest BCUT2D eigenvalue weighted by atomic mass is 10.1. The molecule has 1 fully saturated rings. The van der Waals surface area contributed by atoms with Crippen LogP contribution in [0.2, 0.25) is 0 Å². The van der Waals surface area contributed by atoms with Crippen molar-refractivity contribution >= 4 is 39.6 Å². The number of rotatable bonds is 5. The van der Waals surface area contributed by atoms with Crippen LogP contribution >= 0.6 is 22.7 Å². The third kappa shape index (κ3) is 4.88. The van der Waals surface area contributed by atoms with Gasteiger partial charge in [-0.3, -0.25) is 14.9 Å². The number of thiazole rings is 1. The van der Waals surface area contributed by atoms with Gasteiger partial charge in [-0.2, -0.15) is 11.3 Å². The lowest BCUT2D eigenvalue weighted by molar-refractivity contribution is -0.121. The summed E-state index contributed by atoms with van der Waals surface area (Å²) in [7, 11) is 0. The van der Waals surface area contributed by atoms with Crippen molar-refractivity contribution in [2.24, 2.45) is 0 Å². The second-order valence-electron chi connectivity index (χ2n) is 6.04. The molecule has 2 N–H and O–H groups in total. The van der Waals surface area contributed by atoms with Crippen LogP contribution in [0.4, 0.5) is 5.13 Å². The van der Waals surface area contributed by atoms with Crippen molar-refractivity contribution in [3.8, 4) is 0 Å². The van der Waals surface area contributed by atoms with Gasteiger partial charge in [-0.15, -0.1) is 11.3 Å². The monoisotopic (exact) mass is 363 g/mol.